The summed E-state index contributed by atoms with van der Waals surface area (Å²) in [5.74, 6) is 0. The third-order valence-electron chi connectivity index (χ3n) is 3.96. The summed E-state index contributed by atoms with van der Waals surface area (Å²) in [4.78, 5) is 0. The molecule has 0 radical (unpaired) electrons. The van der Waals surface area contributed by atoms with Crippen molar-refractivity contribution in [3.8, 4) is 0 Å². The first-order chi connectivity index (χ1) is 7.04. The molecule has 0 heterocycles. The zero-order chi connectivity index (χ0) is 11.1. The molecule has 0 aromatic rings. The average Bonchev–Trinajstić information content (AvgIpc) is 2.55. The van der Waals surface area contributed by atoms with Crippen molar-refractivity contribution in [3.63, 3.8) is 0 Å². The predicted octanol–water partition coefficient (Wildman–Crippen LogP) is 5.29. The molecule has 0 N–H and O–H groups in total. The predicted molar refractivity (Wildman–Crippen MR) is 65.2 cm³/mol. The van der Waals surface area contributed by atoms with E-state index in [0.717, 1.165) is 4.22 Å². The van der Waals surface area contributed by atoms with Crippen LogP contribution in [0.3, 0.4) is 0 Å². The van der Waals surface area contributed by atoms with Gasteiger partial charge < -0.3 is 0 Å². The SMILES string of the molecule is CCC1=C[CH]([Ti]([CH3])([CH3])[CH3])C2=C1CCCC2. The molecule has 1 atom stereocenters. The fourth-order valence-corrected chi connectivity index (χ4v) is 6.37. The molecule has 2 rings (SSSR count). The second-order valence-corrected chi connectivity index (χ2v) is 14.5. The average molecular weight is 240 g/mol. The summed E-state index contributed by atoms with van der Waals surface area (Å²) in [7, 11) is 0. The van der Waals surface area contributed by atoms with Gasteiger partial charge in [0.15, 0.2) is 0 Å². The quantitative estimate of drug-likeness (QED) is 0.575. The van der Waals surface area contributed by atoms with Crippen LogP contribution in [0, 0.1) is 0 Å². The Hall–Kier alpha value is 0.194. The van der Waals surface area contributed by atoms with E-state index in [1.54, 1.807) is 11.1 Å². The van der Waals surface area contributed by atoms with Gasteiger partial charge in [-0.25, -0.2) is 0 Å². The van der Waals surface area contributed by atoms with E-state index in [1.165, 1.54) is 32.1 Å². The zero-order valence-electron chi connectivity index (χ0n) is 10.7. The van der Waals surface area contributed by atoms with Crippen molar-refractivity contribution in [2.24, 2.45) is 0 Å². The molecule has 1 unspecified atom stereocenters. The van der Waals surface area contributed by atoms with Crippen molar-refractivity contribution in [1.82, 2.24) is 0 Å². The first-order valence-electron chi connectivity index (χ1n) is 6.47. The van der Waals surface area contributed by atoms with E-state index in [9.17, 15) is 0 Å². The summed E-state index contributed by atoms with van der Waals surface area (Å²) in [6.45, 7) is 2.32. The second kappa shape index (κ2) is 4.22. The van der Waals surface area contributed by atoms with Gasteiger partial charge in [0.2, 0.25) is 0 Å². The van der Waals surface area contributed by atoms with Crippen molar-refractivity contribution >= 4 is 0 Å². The van der Waals surface area contributed by atoms with Crippen molar-refractivity contribution in [3.05, 3.63) is 22.8 Å². The van der Waals surface area contributed by atoms with Crippen LogP contribution in [0.25, 0.3) is 0 Å². The Morgan fingerprint density at radius 1 is 1.20 bits per heavy atom. The molecule has 0 spiro atoms. The third kappa shape index (κ3) is 2.17. The maximum atomic E-state index is 2.65. The molecule has 0 saturated heterocycles. The summed E-state index contributed by atoms with van der Waals surface area (Å²) in [6, 6.07) is 0. The molecule has 0 fully saturated rings. The van der Waals surface area contributed by atoms with Crippen LogP contribution in [0.2, 0.25) is 19.9 Å². The van der Waals surface area contributed by atoms with Crippen LogP contribution >= 0.6 is 0 Å². The van der Waals surface area contributed by atoms with E-state index >= 15 is 0 Å². The number of hydrogen-bond donors (Lipinski definition) is 0. The molecule has 1 heteroatoms. The van der Waals surface area contributed by atoms with Crippen molar-refractivity contribution < 1.29 is 16.6 Å². The van der Waals surface area contributed by atoms with Crippen molar-refractivity contribution in [1.29, 1.82) is 0 Å². The molecular weight excluding hydrogens is 216 g/mol. The van der Waals surface area contributed by atoms with Gasteiger partial charge >= 0.3 is 98.3 Å². The molecule has 0 aromatic heterocycles. The molecule has 0 aromatic carbocycles. The van der Waals surface area contributed by atoms with Gasteiger partial charge in [0, 0.05) is 0 Å². The van der Waals surface area contributed by atoms with E-state index in [-0.39, 0.29) is 0 Å². The van der Waals surface area contributed by atoms with E-state index < -0.39 is 16.6 Å². The summed E-state index contributed by atoms with van der Waals surface area (Å²) >= 11 is -1.53. The molecule has 0 nitrogen and oxygen atoms in total. The van der Waals surface area contributed by atoms with Gasteiger partial charge in [-0.15, -0.1) is 0 Å². The molecule has 0 bridgehead atoms. The summed E-state index contributed by atoms with van der Waals surface area (Å²) < 4.78 is 0.912. The summed E-state index contributed by atoms with van der Waals surface area (Å²) in [5, 5.41) is 7.71. The topological polar surface area (TPSA) is 0 Å². The number of allylic oxidation sites excluding steroid dienone is 4. The number of rotatable bonds is 2. The van der Waals surface area contributed by atoms with E-state index in [4.69, 9.17) is 0 Å². The van der Waals surface area contributed by atoms with Crippen molar-refractivity contribution in [2.45, 2.75) is 58.9 Å². The van der Waals surface area contributed by atoms with E-state index in [2.05, 4.69) is 28.7 Å². The molecule has 2 aliphatic carbocycles. The molecule has 0 aliphatic heterocycles. The standard InChI is InChI=1S/C11H15.3CH3.Ti/c1-2-9-7-8-10-5-3-4-6-11(9)10;;;;/h7-8H,2-6H2,1H3;3*1H3;. The van der Waals surface area contributed by atoms with Gasteiger partial charge in [-0.3, -0.25) is 0 Å². The fraction of sp³-hybridized carbons (Fsp3) is 0.714. The van der Waals surface area contributed by atoms with E-state index in [0.29, 0.717) is 0 Å². The minimum atomic E-state index is -1.53. The zero-order valence-corrected chi connectivity index (χ0v) is 12.3. The van der Waals surface area contributed by atoms with Crippen LogP contribution in [-0.4, -0.2) is 0 Å². The number of hydrogen-bond acceptors (Lipinski definition) is 0. The van der Waals surface area contributed by atoms with Gasteiger partial charge in [0.1, 0.15) is 0 Å². The van der Waals surface area contributed by atoms with Crippen LogP contribution in [0.15, 0.2) is 22.8 Å². The Balaban J connectivity index is 2.35. The Bertz CT molecular complexity index is 315. The summed E-state index contributed by atoms with van der Waals surface area (Å²) in [5.41, 5.74) is 5.36. The molecule has 0 amide bonds. The van der Waals surface area contributed by atoms with Crippen molar-refractivity contribution in [2.75, 3.05) is 0 Å². The third-order valence-corrected chi connectivity index (χ3v) is 7.67. The molecule has 2 aliphatic rings. The first-order valence-corrected chi connectivity index (χ1v) is 12.1. The second-order valence-electron chi connectivity index (χ2n) is 6.10. The Kier molecular flexibility index (Phi) is 3.29. The minimum absolute atomic E-state index is 0.912. The molecule has 0 saturated carbocycles. The van der Waals surface area contributed by atoms with Gasteiger partial charge in [-0.05, 0) is 0 Å². The van der Waals surface area contributed by atoms with Crippen LogP contribution < -0.4 is 0 Å². The van der Waals surface area contributed by atoms with Crippen LogP contribution in [0.1, 0.15) is 39.0 Å². The van der Waals surface area contributed by atoms with Gasteiger partial charge in [0.25, 0.3) is 0 Å². The molecular formula is C14H24Ti. The van der Waals surface area contributed by atoms with Crippen LogP contribution in [-0.2, 0) is 16.6 Å². The Morgan fingerprint density at radius 3 is 2.47 bits per heavy atom. The Morgan fingerprint density at radius 2 is 1.87 bits per heavy atom. The first kappa shape index (κ1) is 11.7. The fourth-order valence-electron chi connectivity index (χ4n) is 3.14. The van der Waals surface area contributed by atoms with Crippen LogP contribution in [0.4, 0.5) is 0 Å². The van der Waals surface area contributed by atoms with Gasteiger partial charge in [-0.1, -0.05) is 0 Å². The van der Waals surface area contributed by atoms with E-state index in [1.807, 2.05) is 5.57 Å². The molecule has 15 heavy (non-hydrogen) atoms. The monoisotopic (exact) mass is 240 g/mol. The Labute approximate surface area is 98.2 Å². The van der Waals surface area contributed by atoms with Gasteiger partial charge in [-0.2, -0.15) is 0 Å². The summed E-state index contributed by atoms with van der Waals surface area (Å²) in [6.07, 6.45) is 9.56. The maximum absolute atomic E-state index is 2.65. The van der Waals surface area contributed by atoms with Crippen LogP contribution in [0.5, 0.6) is 0 Å². The van der Waals surface area contributed by atoms with Gasteiger partial charge in [0.05, 0.1) is 0 Å². The molecule has 84 valence electrons. The normalized spacial score (nSPS) is 26.7.